The SMILES string of the molecule is COc1ccc(NC(=O)c2cnc(NCCC3=CCCCC3)cn2)cc1Cl. The molecule has 2 N–H and O–H groups in total. The third-order valence-electron chi connectivity index (χ3n) is 4.43. The molecule has 0 atom stereocenters. The minimum Gasteiger partial charge on any atom is -0.495 e. The van der Waals surface area contributed by atoms with Crippen molar-refractivity contribution >= 4 is 29.0 Å². The molecule has 2 aromatic rings. The Bertz CT molecular complexity index is 821. The molecule has 0 unspecified atom stereocenters. The summed E-state index contributed by atoms with van der Waals surface area (Å²) in [6.07, 6.45) is 11.4. The maximum absolute atomic E-state index is 12.3. The van der Waals surface area contributed by atoms with Gasteiger partial charge in [0.15, 0.2) is 0 Å². The third-order valence-corrected chi connectivity index (χ3v) is 4.73. The van der Waals surface area contributed by atoms with Crippen LogP contribution in [-0.4, -0.2) is 29.5 Å². The van der Waals surface area contributed by atoms with Gasteiger partial charge in [0, 0.05) is 12.2 Å². The molecule has 1 heterocycles. The number of aromatic nitrogens is 2. The molecule has 27 heavy (non-hydrogen) atoms. The first-order valence-electron chi connectivity index (χ1n) is 9.04. The number of amides is 1. The van der Waals surface area contributed by atoms with Crippen molar-refractivity contribution < 1.29 is 9.53 Å². The molecule has 1 aromatic heterocycles. The van der Waals surface area contributed by atoms with Crippen LogP contribution in [0.5, 0.6) is 5.75 Å². The molecule has 0 saturated heterocycles. The van der Waals surface area contributed by atoms with Crippen LogP contribution in [0, 0.1) is 0 Å². The lowest BCUT2D eigenvalue weighted by Gasteiger charge is -2.13. The topological polar surface area (TPSA) is 76.1 Å². The summed E-state index contributed by atoms with van der Waals surface area (Å²) in [5.41, 5.74) is 2.31. The molecule has 142 valence electrons. The number of rotatable bonds is 7. The molecule has 6 nitrogen and oxygen atoms in total. The molecular formula is C20H23ClN4O2. The molecule has 0 saturated carbocycles. The first kappa shape index (κ1) is 19.2. The Labute approximate surface area is 164 Å². The molecule has 0 aliphatic heterocycles. The van der Waals surface area contributed by atoms with Crippen molar-refractivity contribution in [1.29, 1.82) is 0 Å². The summed E-state index contributed by atoms with van der Waals surface area (Å²) < 4.78 is 5.10. The van der Waals surface area contributed by atoms with E-state index >= 15 is 0 Å². The van der Waals surface area contributed by atoms with Crippen molar-refractivity contribution in [2.24, 2.45) is 0 Å². The van der Waals surface area contributed by atoms with Crippen LogP contribution in [0.25, 0.3) is 0 Å². The van der Waals surface area contributed by atoms with E-state index in [-0.39, 0.29) is 11.6 Å². The maximum atomic E-state index is 12.3. The summed E-state index contributed by atoms with van der Waals surface area (Å²) in [5.74, 6) is 0.868. The predicted molar refractivity (Wildman–Crippen MR) is 108 cm³/mol. The van der Waals surface area contributed by atoms with Gasteiger partial charge in [0.25, 0.3) is 5.91 Å². The van der Waals surface area contributed by atoms with Gasteiger partial charge in [0.05, 0.1) is 24.5 Å². The highest BCUT2D eigenvalue weighted by Gasteiger charge is 2.10. The maximum Gasteiger partial charge on any atom is 0.275 e. The van der Waals surface area contributed by atoms with E-state index < -0.39 is 0 Å². The van der Waals surface area contributed by atoms with Gasteiger partial charge in [0.1, 0.15) is 17.3 Å². The van der Waals surface area contributed by atoms with Crippen LogP contribution in [-0.2, 0) is 0 Å². The fourth-order valence-corrected chi connectivity index (χ4v) is 3.22. The molecule has 1 aliphatic carbocycles. The van der Waals surface area contributed by atoms with Gasteiger partial charge in [0.2, 0.25) is 0 Å². The summed E-state index contributed by atoms with van der Waals surface area (Å²) in [7, 11) is 1.54. The normalized spacial score (nSPS) is 13.6. The highest BCUT2D eigenvalue weighted by atomic mass is 35.5. The number of benzene rings is 1. The number of hydrogen-bond donors (Lipinski definition) is 2. The number of halogens is 1. The predicted octanol–water partition coefficient (Wildman–Crippen LogP) is 4.69. The van der Waals surface area contributed by atoms with E-state index in [1.807, 2.05) is 0 Å². The molecular weight excluding hydrogens is 364 g/mol. The lowest BCUT2D eigenvalue weighted by atomic mass is 9.97. The monoisotopic (exact) mass is 386 g/mol. The second-order valence-corrected chi connectivity index (χ2v) is 6.78. The van der Waals surface area contributed by atoms with Gasteiger partial charge in [-0.3, -0.25) is 4.79 Å². The van der Waals surface area contributed by atoms with E-state index in [4.69, 9.17) is 16.3 Å². The summed E-state index contributed by atoms with van der Waals surface area (Å²) in [5, 5.41) is 6.42. The lowest BCUT2D eigenvalue weighted by molar-refractivity contribution is 0.102. The van der Waals surface area contributed by atoms with Crippen molar-refractivity contribution in [2.75, 3.05) is 24.3 Å². The zero-order valence-electron chi connectivity index (χ0n) is 15.3. The number of carbonyl (C=O) groups excluding carboxylic acids is 1. The first-order chi connectivity index (χ1) is 13.2. The number of allylic oxidation sites excluding steroid dienone is 1. The lowest BCUT2D eigenvalue weighted by Crippen LogP contribution is -2.15. The van der Waals surface area contributed by atoms with Crippen LogP contribution in [0.15, 0.2) is 42.2 Å². The number of nitrogens with zero attached hydrogens (tertiary/aromatic N) is 2. The van der Waals surface area contributed by atoms with Crippen molar-refractivity contribution in [3.63, 3.8) is 0 Å². The number of hydrogen-bond acceptors (Lipinski definition) is 5. The summed E-state index contributed by atoms with van der Waals surface area (Å²) in [4.78, 5) is 20.8. The van der Waals surface area contributed by atoms with Crippen LogP contribution in [0.4, 0.5) is 11.5 Å². The smallest absolute Gasteiger partial charge is 0.275 e. The van der Waals surface area contributed by atoms with E-state index in [2.05, 4.69) is 26.7 Å². The van der Waals surface area contributed by atoms with Gasteiger partial charge in [-0.15, -0.1) is 0 Å². The van der Waals surface area contributed by atoms with Crippen LogP contribution in [0.3, 0.4) is 0 Å². The Balaban J connectivity index is 1.52. The third kappa shape index (κ3) is 5.44. The van der Waals surface area contributed by atoms with Crippen LogP contribution < -0.4 is 15.4 Å². The Morgan fingerprint density at radius 2 is 2.15 bits per heavy atom. The average molecular weight is 387 g/mol. The van der Waals surface area contributed by atoms with Crippen molar-refractivity contribution in [1.82, 2.24) is 9.97 Å². The molecule has 1 aliphatic rings. The highest BCUT2D eigenvalue weighted by molar-refractivity contribution is 6.32. The van der Waals surface area contributed by atoms with Crippen molar-refractivity contribution in [3.8, 4) is 5.75 Å². The van der Waals surface area contributed by atoms with Gasteiger partial charge < -0.3 is 15.4 Å². The Morgan fingerprint density at radius 3 is 2.81 bits per heavy atom. The van der Waals surface area contributed by atoms with Crippen LogP contribution >= 0.6 is 11.6 Å². The molecule has 1 amide bonds. The second kappa shape index (κ2) is 9.37. The second-order valence-electron chi connectivity index (χ2n) is 6.38. The van der Waals surface area contributed by atoms with E-state index in [0.717, 1.165) is 13.0 Å². The Hall–Kier alpha value is -2.60. The molecule has 7 heteroatoms. The average Bonchev–Trinajstić information content (AvgIpc) is 2.69. The highest BCUT2D eigenvalue weighted by Crippen LogP contribution is 2.27. The van der Waals surface area contributed by atoms with E-state index in [0.29, 0.717) is 22.3 Å². The summed E-state index contributed by atoms with van der Waals surface area (Å²) in [6, 6.07) is 5.03. The van der Waals surface area contributed by atoms with Gasteiger partial charge in [-0.05, 0) is 50.3 Å². The number of carbonyl (C=O) groups is 1. The number of ether oxygens (including phenoxy) is 1. The molecule has 1 aromatic carbocycles. The van der Waals surface area contributed by atoms with Gasteiger partial charge in [-0.2, -0.15) is 0 Å². The minimum atomic E-state index is -0.345. The number of nitrogens with one attached hydrogen (secondary N) is 2. The fraction of sp³-hybridized carbons (Fsp3) is 0.350. The molecule has 0 radical (unpaired) electrons. The van der Waals surface area contributed by atoms with Gasteiger partial charge in [-0.25, -0.2) is 9.97 Å². The van der Waals surface area contributed by atoms with Gasteiger partial charge in [-0.1, -0.05) is 23.3 Å². The van der Waals surface area contributed by atoms with E-state index in [1.54, 1.807) is 24.4 Å². The van der Waals surface area contributed by atoms with E-state index in [1.165, 1.54) is 44.6 Å². The van der Waals surface area contributed by atoms with Gasteiger partial charge >= 0.3 is 0 Å². The molecule has 3 rings (SSSR count). The summed E-state index contributed by atoms with van der Waals surface area (Å²) in [6.45, 7) is 0.816. The Morgan fingerprint density at radius 1 is 1.26 bits per heavy atom. The van der Waals surface area contributed by atoms with E-state index in [9.17, 15) is 4.79 Å². The zero-order valence-corrected chi connectivity index (χ0v) is 16.1. The molecule has 0 bridgehead atoms. The summed E-state index contributed by atoms with van der Waals surface area (Å²) >= 11 is 6.07. The number of methoxy groups -OCH3 is 1. The van der Waals surface area contributed by atoms with Crippen LogP contribution in [0.1, 0.15) is 42.6 Å². The zero-order chi connectivity index (χ0) is 19.1. The quantitative estimate of drug-likeness (QED) is 0.675. The molecule has 0 spiro atoms. The standard InChI is InChI=1S/C20H23ClN4O2/c1-27-18-8-7-15(11-16(18)21)25-20(26)17-12-24-19(13-23-17)22-10-9-14-5-3-2-4-6-14/h5,7-8,11-13H,2-4,6,9-10H2,1H3,(H,22,24)(H,25,26). The van der Waals surface area contributed by atoms with Crippen molar-refractivity contribution in [3.05, 3.63) is 53.0 Å². The first-order valence-corrected chi connectivity index (χ1v) is 9.42. The minimum absolute atomic E-state index is 0.238. The molecule has 0 fully saturated rings. The van der Waals surface area contributed by atoms with Crippen molar-refractivity contribution in [2.45, 2.75) is 32.1 Å². The fourth-order valence-electron chi connectivity index (χ4n) is 2.96. The van der Waals surface area contributed by atoms with Crippen LogP contribution in [0.2, 0.25) is 5.02 Å². The number of anilines is 2. The Kier molecular flexibility index (Phi) is 6.65. The largest absolute Gasteiger partial charge is 0.495 e.